The molecule has 34 heavy (non-hydrogen) atoms. The van der Waals surface area contributed by atoms with Gasteiger partial charge in [0.2, 0.25) is 11.9 Å². The van der Waals surface area contributed by atoms with Crippen molar-refractivity contribution in [2.24, 2.45) is 29.1 Å². The summed E-state index contributed by atoms with van der Waals surface area (Å²) in [5, 5.41) is 8.11. The predicted molar refractivity (Wildman–Crippen MR) is 137 cm³/mol. The highest BCUT2D eigenvalue weighted by Gasteiger charge is 2.54. The lowest BCUT2D eigenvalue weighted by atomic mass is 9.49. The van der Waals surface area contributed by atoms with Gasteiger partial charge in [0.05, 0.1) is 5.52 Å². The number of hydrogen-bond donors (Lipinski definition) is 2. The summed E-state index contributed by atoms with van der Waals surface area (Å²) in [5.74, 6) is 5.12. The first-order chi connectivity index (χ1) is 16.5. The Hall–Kier alpha value is -2.37. The number of anilines is 2. The number of hydrogen-bond acceptors (Lipinski definition) is 5. The number of nitrogens with one attached hydrogen (secondary N) is 2. The number of aromatic nitrogens is 2. The van der Waals surface area contributed by atoms with Crippen LogP contribution in [0.5, 0.6) is 0 Å². The van der Waals surface area contributed by atoms with Crippen LogP contribution in [-0.2, 0) is 4.79 Å². The normalized spacial score (nSPS) is 34.2. The minimum absolute atomic E-state index is 0.0227. The third-order valence-electron chi connectivity index (χ3n) is 9.26. The molecule has 1 aromatic carbocycles. The van der Waals surface area contributed by atoms with Crippen molar-refractivity contribution >= 4 is 28.6 Å². The Labute approximate surface area is 203 Å². The number of carbonyl (C=O) groups excluding carboxylic acids is 1. The van der Waals surface area contributed by atoms with Crippen LogP contribution in [0, 0.1) is 29.1 Å². The molecule has 6 nitrogen and oxygen atoms in total. The Morgan fingerprint density at radius 3 is 2.26 bits per heavy atom. The number of carbonyl (C=O) groups is 1. The monoisotopic (exact) mass is 461 g/mol. The zero-order valence-electron chi connectivity index (χ0n) is 20.7. The molecular formula is C28H39N5O. The van der Waals surface area contributed by atoms with Crippen molar-refractivity contribution in [1.82, 2.24) is 15.3 Å². The van der Waals surface area contributed by atoms with E-state index in [1.807, 2.05) is 26.2 Å². The van der Waals surface area contributed by atoms with Crippen molar-refractivity contribution in [2.45, 2.75) is 70.3 Å². The van der Waals surface area contributed by atoms with E-state index in [4.69, 9.17) is 9.97 Å². The van der Waals surface area contributed by atoms with E-state index in [0.29, 0.717) is 17.9 Å². The van der Waals surface area contributed by atoms with E-state index in [0.717, 1.165) is 91.9 Å². The Balaban J connectivity index is 1.03. The Kier molecular flexibility index (Phi) is 5.65. The van der Waals surface area contributed by atoms with Crippen molar-refractivity contribution in [1.29, 1.82) is 0 Å². The molecule has 0 atom stereocenters. The van der Waals surface area contributed by atoms with E-state index in [1.165, 1.54) is 19.3 Å². The second-order valence-corrected chi connectivity index (χ2v) is 12.1. The molecule has 182 valence electrons. The third kappa shape index (κ3) is 4.14. The fourth-order valence-corrected chi connectivity index (χ4v) is 7.97. The Morgan fingerprint density at radius 1 is 0.971 bits per heavy atom. The highest BCUT2D eigenvalue weighted by atomic mass is 16.2. The van der Waals surface area contributed by atoms with Gasteiger partial charge in [-0.2, -0.15) is 4.98 Å². The van der Waals surface area contributed by atoms with Crippen molar-refractivity contribution in [3.05, 3.63) is 24.3 Å². The SMILES string of the molecule is CN(C)c1nc(N[C@H]2CC[C@@H](CNC(=O)C34CC5CC(CC(C5)C3)C4)CC2)nc2ccccc12. The maximum Gasteiger partial charge on any atom is 0.226 e. The maximum atomic E-state index is 13.3. The molecule has 1 aromatic heterocycles. The summed E-state index contributed by atoms with van der Waals surface area (Å²) in [4.78, 5) is 24.9. The zero-order chi connectivity index (χ0) is 23.3. The van der Waals surface area contributed by atoms with Crippen molar-refractivity contribution in [3.8, 4) is 0 Å². The third-order valence-corrected chi connectivity index (χ3v) is 9.26. The predicted octanol–water partition coefficient (Wildman–Crippen LogP) is 5.00. The van der Waals surface area contributed by atoms with Gasteiger partial charge in [-0.15, -0.1) is 0 Å². The van der Waals surface area contributed by atoms with Crippen LogP contribution in [0.25, 0.3) is 10.9 Å². The molecule has 4 bridgehead atoms. The van der Waals surface area contributed by atoms with Gasteiger partial charge in [-0.05, 0) is 100 Å². The van der Waals surface area contributed by atoms with Crippen LogP contribution in [-0.4, -0.2) is 42.6 Å². The van der Waals surface area contributed by atoms with Crippen LogP contribution in [0.3, 0.4) is 0 Å². The molecule has 2 N–H and O–H groups in total. The maximum absolute atomic E-state index is 13.3. The van der Waals surface area contributed by atoms with E-state index < -0.39 is 0 Å². The standard InChI is InChI=1S/C28H39N5O/c1-33(2)25-23-5-3-4-6-24(23)31-27(32-25)30-22-9-7-18(8-10-22)17-29-26(34)28-14-19-11-20(15-28)13-21(12-19)16-28/h3-6,18-22H,7-17H2,1-2H3,(H,29,34)(H,30,31,32)/t18-,19?,20?,21?,22+,28?. The Bertz CT molecular complexity index is 1020. The van der Waals surface area contributed by atoms with Gasteiger partial charge in [0.25, 0.3) is 0 Å². The number of fused-ring (bicyclic) bond motifs is 1. The lowest BCUT2D eigenvalue weighted by Crippen LogP contribution is -2.54. The summed E-state index contributed by atoms with van der Waals surface area (Å²) in [7, 11) is 4.06. The van der Waals surface area contributed by atoms with Gasteiger partial charge in [-0.1, -0.05) is 12.1 Å². The minimum atomic E-state index is -0.0227. The topological polar surface area (TPSA) is 70.2 Å². The van der Waals surface area contributed by atoms with Gasteiger partial charge in [0, 0.05) is 37.5 Å². The van der Waals surface area contributed by atoms with Gasteiger partial charge in [-0.25, -0.2) is 4.98 Å². The summed E-state index contributed by atoms with van der Waals surface area (Å²) in [6.45, 7) is 0.852. The number of benzene rings is 1. The number of rotatable bonds is 6. The van der Waals surface area contributed by atoms with E-state index in [2.05, 4.69) is 27.7 Å². The van der Waals surface area contributed by atoms with Crippen molar-refractivity contribution in [2.75, 3.05) is 30.9 Å². The average Bonchev–Trinajstić information content (AvgIpc) is 2.82. The van der Waals surface area contributed by atoms with E-state index in [9.17, 15) is 4.79 Å². The smallest absolute Gasteiger partial charge is 0.226 e. The van der Waals surface area contributed by atoms with Crippen LogP contribution in [0.4, 0.5) is 11.8 Å². The molecule has 1 heterocycles. The first-order valence-corrected chi connectivity index (χ1v) is 13.5. The first kappa shape index (κ1) is 22.1. The lowest BCUT2D eigenvalue weighted by Gasteiger charge is -2.55. The molecule has 0 radical (unpaired) electrons. The molecule has 6 heteroatoms. The van der Waals surface area contributed by atoms with Gasteiger partial charge in [-0.3, -0.25) is 4.79 Å². The molecular weight excluding hydrogens is 422 g/mol. The van der Waals surface area contributed by atoms with E-state index in [1.54, 1.807) is 0 Å². The first-order valence-electron chi connectivity index (χ1n) is 13.5. The van der Waals surface area contributed by atoms with Gasteiger partial charge in [0.15, 0.2) is 0 Å². The highest BCUT2D eigenvalue weighted by Crippen LogP contribution is 2.60. The quantitative estimate of drug-likeness (QED) is 0.634. The molecule has 5 aliphatic carbocycles. The van der Waals surface area contributed by atoms with Crippen molar-refractivity contribution < 1.29 is 4.79 Å². The summed E-state index contributed by atoms with van der Waals surface area (Å²) >= 11 is 0. The fourth-order valence-electron chi connectivity index (χ4n) is 7.97. The largest absolute Gasteiger partial charge is 0.362 e. The molecule has 2 aromatic rings. The zero-order valence-corrected chi connectivity index (χ0v) is 20.7. The van der Waals surface area contributed by atoms with Crippen LogP contribution >= 0.6 is 0 Å². The Morgan fingerprint density at radius 2 is 1.62 bits per heavy atom. The highest BCUT2D eigenvalue weighted by molar-refractivity contribution is 5.90. The number of nitrogens with zero attached hydrogens (tertiary/aromatic N) is 3. The number of amides is 1. The second-order valence-electron chi connectivity index (χ2n) is 12.1. The van der Waals surface area contributed by atoms with Gasteiger partial charge < -0.3 is 15.5 Å². The van der Waals surface area contributed by atoms with Crippen LogP contribution < -0.4 is 15.5 Å². The number of para-hydroxylation sites is 1. The lowest BCUT2D eigenvalue weighted by molar-refractivity contribution is -0.146. The average molecular weight is 462 g/mol. The van der Waals surface area contributed by atoms with Gasteiger partial charge in [0.1, 0.15) is 5.82 Å². The van der Waals surface area contributed by atoms with E-state index in [-0.39, 0.29) is 5.41 Å². The molecule has 0 spiro atoms. The molecule has 5 saturated carbocycles. The molecule has 1 amide bonds. The minimum Gasteiger partial charge on any atom is -0.362 e. The fraction of sp³-hybridized carbons (Fsp3) is 0.679. The van der Waals surface area contributed by atoms with Crippen LogP contribution in [0.2, 0.25) is 0 Å². The van der Waals surface area contributed by atoms with Crippen LogP contribution in [0.15, 0.2) is 24.3 Å². The molecule has 7 rings (SSSR count). The summed E-state index contributed by atoms with van der Waals surface area (Å²) in [6.07, 6.45) is 12.1. The molecule has 0 saturated heterocycles. The molecule has 0 unspecified atom stereocenters. The summed E-state index contributed by atoms with van der Waals surface area (Å²) < 4.78 is 0. The van der Waals surface area contributed by atoms with Crippen LogP contribution in [0.1, 0.15) is 64.2 Å². The molecule has 5 fully saturated rings. The van der Waals surface area contributed by atoms with Crippen molar-refractivity contribution in [3.63, 3.8) is 0 Å². The summed E-state index contributed by atoms with van der Waals surface area (Å²) in [5.41, 5.74) is 0.954. The van der Waals surface area contributed by atoms with E-state index >= 15 is 0 Å². The van der Waals surface area contributed by atoms with Gasteiger partial charge >= 0.3 is 0 Å². The molecule has 5 aliphatic rings. The summed E-state index contributed by atoms with van der Waals surface area (Å²) in [6, 6.07) is 8.60. The second kappa shape index (κ2) is 8.69. The molecule has 0 aliphatic heterocycles.